The molecule has 0 bridgehead atoms. The van der Waals surface area contributed by atoms with Crippen LogP contribution in [-0.4, -0.2) is 17.6 Å². The van der Waals surface area contributed by atoms with Crippen LogP contribution in [0.25, 0.3) is 28.2 Å². The molecule has 1 heterocycles. The summed E-state index contributed by atoms with van der Waals surface area (Å²) < 4.78 is 11.9. The number of allylic oxidation sites excluding steroid dienone is 2. The van der Waals surface area contributed by atoms with Gasteiger partial charge >= 0.3 is 0 Å². The summed E-state index contributed by atoms with van der Waals surface area (Å²) in [5, 5.41) is 10.8. The van der Waals surface area contributed by atoms with Gasteiger partial charge in [-0.15, -0.1) is 0 Å². The van der Waals surface area contributed by atoms with Crippen molar-refractivity contribution in [2.75, 3.05) is 6.61 Å². The van der Waals surface area contributed by atoms with Crippen molar-refractivity contribution < 1.29 is 19.1 Å². The molecule has 3 aromatic carbocycles. The normalized spacial score (nSPS) is 15.7. The van der Waals surface area contributed by atoms with Crippen molar-refractivity contribution in [1.82, 2.24) is 4.98 Å². The maximum absolute atomic E-state index is 10.8. The van der Waals surface area contributed by atoms with Crippen LogP contribution in [0.5, 0.6) is 5.75 Å². The number of carboxylic acids is 1. The van der Waals surface area contributed by atoms with Crippen LogP contribution < -0.4 is 9.84 Å². The maximum Gasteiger partial charge on any atom is 0.223 e. The topological polar surface area (TPSA) is 75.4 Å². The molecule has 1 aliphatic carbocycles. The zero-order chi connectivity index (χ0) is 24.7. The van der Waals surface area contributed by atoms with E-state index in [9.17, 15) is 9.90 Å². The number of hydrogen-bond donors (Lipinski definition) is 0. The summed E-state index contributed by atoms with van der Waals surface area (Å²) in [6.07, 6.45) is 7.35. The molecule has 36 heavy (non-hydrogen) atoms. The Morgan fingerprint density at radius 2 is 1.69 bits per heavy atom. The largest absolute Gasteiger partial charge is 0.546 e. The Bertz CT molecular complexity index is 1280. The van der Waals surface area contributed by atoms with Gasteiger partial charge in [0.1, 0.15) is 18.1 Å². The molecule has 1 aromatic heterocycles. The molecule has 0 fully saturated rings. The van der Waals surface area contributed by atoms with Crippen LogP contribution in [0.2, 0.25) is 0 Å². The lowest BCUT2D eigenvalue weighted by Gasteiger charge is -2.18. The highest BCUT2D eigenvalue weighted by Gasteiger charge is 2.25. The number of ether oxygens (including phenoxy) is 1. The average molecular weight is 479 g/mol. The quantitative estimate of drug-likeness (QED) is 0.313. The van der Waals surface area contributed by atoms with Gasteiger partial charge in [-0.25, -0.2) is 4.98 Å². The molecular formula is C31H28NO4-. The lowest BCUT2D eigenvalue weighted by molar-refractivity contribution is -0.307. The van der Waals surface area contributed by atoms with Gasteiger partial charge in [0, 0.05) is 16.7 Å². The number of oxazole rings is 1. The number of carbonyl (C=O) groups excluding carboxylic acids is 1. The Balaban J connectivity index is 1.49. The van der Waals surface area contributed by atoms with Crippen LogP contribution in [0.1, 0.15) is 37.1 Å². The first-order valence-electron chi connectivity index (χ1n) is 12.4. The Morgan fingerprint density at radius 3 is 2.44 bits per heavy atom. The third-order valence-electron chi connectivity index (χ3n) is 6.51. The van der Waals surface area contributed by atoms with E-state index < -0.39 is 12.6 Å². The molecule has 4 aromatic rings. The second kappa shape index (κ2) is 11.1. The molecule has 5 heteroatoms. The number of carbonyl (C=O) groups is 1. The van der Waals surface area contributed by atoms with Crippen LogP contribution in [0.3, 0.4) is 0 Å². The third-order valence-corrected chi connectivity index (χ3v) is 6.51. The van der Waals surface area contributed by atoms with Crippen molar-refractivity contribution in [3.05, 3.63) is 102 Å². The fourth-order valence-electron chi connectivity index (χ4n) is 4.80. The Kier molecular flexibility index (Phi) is 7.27. The molecule has 0 aliphatic heterocycles. The maximum atomic E-state index is 10.8. The van der Waals surface area contributed by atoms with Gasteiger partial charge in [0.15, 0.2) is 5.76 Å². The van der Waals surface area contributed by atoms with E-state index in [1.54, 1.807) is 6.07 Å². The third kappa shape index (κ3) is 5.57. The molecule has 1 aliphatic rings. The van der Waals surface area contributed by atoms with E-state index in [1.165, 1.54) is 0 Å². The Morgan fingerprint density at radius 1 is 0.944 bits per heavy atom. The van der Waals surface area contributed by atoms with E-state index in [1.807, 2.05) is 60.7 Å². The van der Waals surface area contributed by atoms with Gasteiger partial charge in [-0.05, 0) is 49.3 Å². The zero-order valence-electron chi connectivity index (χ0n) is 20.1. The van der Waals surface area contributed by atoms with Gasteiger partial charge in [0.25, 0.3) is 0 Å². The number of rotatable bonds is 8. The van der Waals surface area contributed by atoms with Crippen molar-refractivity contribution in [2.24, 2.45) is 5.92 Å². The van der Waals surface area contributed by atoms with Gasteiger partial charge in [-0.2, -0.15) is 0 Å². The highest BCUT2D eigenvalue weighted by atomic mass is 16.5. The van der Waals surface area contributed by atoms with Crippen LogP contribution >= 0.6 is 0 Å². The van der Waals surface area contributed by atoms with Gasteiger partial charge in [-0.1, -0.05) is 85.3 Å². The number of hydrogen-bond acceptors (Lipinski definition) is 5. The van der Waals surface area contributed by atoms with E-state index in [4.69, 9.17) is 14.1 Å². The highest BCUT2D eigenvalue weighted by Crippen LogP contribution is 2.39. The predicted molar refractivity (Wildman–Crippen MR) is 138 cm³/mol. The highest BCUT2D eigenvalue weighted by molar-refractivity contribution is 5.79. The second-order valence-electron chi connectivity index (χ2n) is 9.08. The van der Waals surface area contributed by atoms with Crippen LogP contribution in [0.15, 0.2) is 95.4 Å². The lowest BCUT2D eigenvalue weighted by atomic mass is 9.88. The molecule has 0 saturated heterocycles. The average Bonchev–Trinajstić information content (AvgIpc) is 3.23. The molecule has 0 N–H and O–H groups in total. The number of benzene rings is 3. The monoisotopic (exact) mass is 478 g/mol. The number of nitrogens with zero attached hydrogens (tertiary/aromatic N) is 1. The summed E-state index contributed by atoms with van der Waals surface area (Å²) >= 11 is 0. The molecule has 5 nitrogen and oxygen atoms in total. The number of aromatic nitrogens is 1. The summed E-state index contributed by atoms with van der Waals surface area (Å²) in [6.45, 7) is -0.459. The Hall–Kier alpha value is -4.12. The molecule has 182 valence electrons. The van der Waals surface area contributed by atoms with Crippen LogP contribution in [0.4, 0.5) is 0 Å². The SMILES string of the molecule is O=C([O-])COc1cccc(CC2CCCCC=C2c2nc(-c3ccccc3)c(-c3ccccc3)o2)c1. The van der Waals surface area contributed by atoms with Gasteiger partial charge in [-0.3, -0.25) is 0 Å². The first-order valence-corrected chi connectivity index (χ1v) is 12.4. The summed E-state index contributed by atoms with van der Waals surface area (Å²) in [6, 6.07) is 27.9. The smallest absolute Gasteiger partial charge is 0.223 e. The minimum Gasteiger partial charge on any atom is -0.546 e. The minimum atomic E-state index is -1.23. The van der Waals surface area contributed by atoms with E-state index in [2.05, 4.69) is 24.3 Å². The van der Waals surface area contributed by atoms with Gasteiger partial charge < -0.3 is 19.1 Å². The van der Waals surface area contributed by atoms with Crippen LogP contribution in [0, 0.1) is 5.92 Å². The standard InChI is InChI=1S/C31H29NO4/c33-28(34)21-35-26-17-10-11-22(20-26)19-25-16-8-3-9-18-27(25)31-32-29(23-12-4-1-5-13-23)30(36-31)24-14-6-2-7-15-24/h1-2,4-7,10-15,17-18,20,25H,3,8-9,16,19,21H2,(H,33,34)/p-1. The van der Waals surface area contributed by atoms with Crippen molar-refractivity contribution in [3.63, 3.8) is 0 Å². The lowest BCUT2D eigenvalue weighted by Crippen LogP contribution is -2.28. The fraction of sp³-hybridized carbons (Fsp3) is 0.226. The molecule has 0 radical (unpaired) electrons. The van der Waals surface area contributed by atoms with Crippen molar-refractivity contribution in [1.29, 1.82) is 0 Å². The molecule has 0 spiro atoms. The van der Waals surface area contributed by atoms with Crippen molar-refractivity contribution in [3.8, 4) is 28.3 Å². The van der Waals surface area contributed by atoms with E-state index in [-0.39, 0.29) is 5.92 Å². The van der Waals surface area contributed by atoms with E-state index >= 15 is 0 Å². The summed E-state index contributed by atoms with van der Waals surface area (Å²) in [5.41, 5.74) is 5.08. The first-order chi connectivity index (χ1) is 17.7. The Labute approximate surface area is 211 Å². The van der Waals surface area contributed by atoms with E-state index in [0.717, 1.165) is 65.8 Å². The summed E-state index contributed by atoms with van der Waals surface area (Å²) in [5.74, 6) is 0.976. The predicted octanol–water partition coefficient (Wildman–Crippen LogP) is 5.95. The van der Waals surface area contributed by atoms with Gasteiger partial charge in [0.05, 0.1) is 5.97 Å². The van der Waals surface area contributed by atoms with E-state index in [0.29, 0.717) is 11.6 Å². The summed E-state index contributed by atoms with van der Waals surface area (Å²) in [7, 11) is 0. The molecule has 0 amide bonds. The number of carboxylic acid groups (broad SMARTS) is 1. The molecular weight excluding hydrogens is 450 g/mol. The molecule has 5 rings (SSSR count). The molecule has 0 saturated carbocycles. The number of aliphatic carboxylic acids is 1. The molecule has 1 atom stereocenters. The first kappa shape index (κ1) is 23.6. The zero-order valence-corrected chi connectivity index (χ0v) is 20.1. The fourth-order valence-corrected chi connectivity index (χ4v) is 4.80. The van der Waals surface area contributed by atoms with Crippen molar-refractivity contribution >= 4 is 11.5 Å². The van der Waals surface area contributed by atoms with Crippen molar-refractivity contribution in [2.45, 2.75) is 32.1 Å². The molecule has 1 unspecified atom stereocenters. The van der Waals surface area contributed by atoms with Gasteiger partial charge in [0.2, 0.25) is 5.89 Å². The minimum absolute atomic E-state index is 0.231. The second-order valence-corrected chi connectivity index (χ2v) is 9.08. The van der Waals surface area contributed by atoms with Crippen LogP contribution in [-0.2, 0) is 11.2 Å². The summed E-state index contributed by atoms with van der Waals surface area (Å²) in [4.78, 5) is 15.8.